The van der Waals surface area contributed by atoms with Gasteiger partial charge in [0.15, 0.2) is 5.76 Å². The first-order valence-corrected chi connectivity index (χ1v) is 18.9. The summed E-state index contributed by atoms with van der Waals surface area (Å²) in [6.45, 7) is 7.12. The molecule has 1 aromatic heterocycles. The molecule has 0 aliphatic rings. The lowest BCUT2D eigenvalue weighted by Gasteiger charge is -2.32. The van der Waals surface area contributed by atoms with E-state index in [1.807, 2.05) is 6.92 Å². The van der Waals surface area contributed by atoms with Crippen LogP contribution in [0.25, 0.3) is 11.3 Å². The number of nitrogens with zero attached hydrogens (tertiary/aromatic N) is 1. The lowest BCUT2D eigenvalue weighted by molar-refractivity contribution is -0.171. The molecule has 3 aromatic rings. The third-order valence-corrected chi connectivity index (χ3v) is 8.78. The Labute approximate surface area is 307 Å². The first-order valence-electron chi connectivity index (χ1n) is 17.1. The van der Waals surface area contributed by atoms with Crippen molar-refractivity contribution < 1.29 is 57.1 Å². The Hall–Kier alpha value is -5.18. The zero-order chi connectivity index (χ0) is 39.1. The number of rotatable bonds is 21. The SMILES string of the molecule is CCCCCC(C(=O)NCNC(=O)c1ccc(-c2ccc(C(=O)NCP(=O)(O)O)c(OCC)c2)o1)[C@@H](CC)N(C=O)OC(=O)c1ccc(OC)cc1C. The highest BCUT2D eigenvalue weighted by atomic mass is 31.2. The van der Waals surface area contributed by atoms with Crippen molar-refractivity contribution in [1.29, 1.82) is 0 Å². The highest BCUT2D eigenvalue weighted by molar-refractivity contribution is 7.51. The number of hydrogen-bond donors (Lipinski definition) is 5. The van der Waals surface area contributed by atoms with Crippen LogP contribution in [0.5, 0.6) is 11.5 Å². The van der Waals surface area contributed by atoms with Crippen LogP contribution in [0.3, 0.4) is 0 Å². The van der Waals surface area contributed by atoms with Crippen LogP contribution in [-0.2, 0) is 19.0 Å². The minimum absolute atomic E-state index is 0.0457. The topological polar surface area (TPSA) is 223 Å². The van der Waals surface area contributed by atoms with Crippen molar-refractivity contribution in [1.82, 2.24) is 21.0 Å². The monoisotopic (exact) mass is 758 g/mol. The number of furan rings is 1. The maximum Gasteiger partial charge on any atom is 0.363 e. The molecule has 3 rings (SSSR count). The van der Waals surface area contributed by atoms with Crippen LogP contribution in [0.15, 0.2) is 52.9 Å². The molecule has 0 aliphatic carbocycles. The van der Waals surface area contributed by atoms with Gasteiger partial charge in [-0.2, -0.15) is 5.06 Å². The number of carbonyl (C=O) groups is 5. The van der Waals surface area contributed by atoms with Gasteiger partial charge in [-0.1, -0.05) is 39.2 Å². The number of aryl methyl sites for hydroxylation is 1. The standard InChI is InChI=1S/C36H47N4O12P/c1-6-9-10-11-27(29(7-2)40(22-41)52-36(45)26-15-13-25(49-5)18-23(26)4)33(42)37-20-38-35(44)31-17-16-30(51-31)24-12-14-28(32(19-24)50-8-3)34(43)39-21-53(46,47)48/h12-19,22,27,29H,6-11,20-21H2,1-5H3,(H,37,42)(H,38,44)(H,39,43)(H2,46,47,48)/t27?,29-/m1/s1. The average molecular weight is 759 g/mol. The van der Waals surface area contributed by atoms with Crippen LogP contribution in [0, 0.1) is 12.8 Å². The molecule has 53 heavy (non-hydrogen) atoms. The molecule has 16 nitrogen and oxygen atoms in total. The zero-order valence-corrected chi connectivity index (χ0v) is 31.3. The first-order chi connectivity index (χ1) is 25.3. The number of hydroxylamine groups is 2. The quantitative estimate of drug-likeness (QED) is 0.0332. The Bertz CT molecular complexity index is 1790. The van der Waals surface area contributed by atoms with Crippen LogP contribution < -0.4 is 25.4 Å². The number of amides is 4. The number of hydrogen-bond acceptors (Lipinski definition) is 10. The van der Waals surface area contributed by atoms with Gasteiger partial charge in [0, 0.05) is 5.56 Å². The summed E-state index contributed by atoms with van der Waals surface area (Å²) >= 11 is 0. The van der Waals surface area contributed by atoms with E-state index in [2.05, 4.69) is 16.0 Å². The molecular formula is C36H47N4O12P. The predicted octanol–water partition coefficient (Wildman–Crippen LogP) is 4.54. The zero-order valence-electron chi connectivity index (χ0n) is 30.4. The molecular weight excluding hydrogens is 711 g/mol. The van der Waals surface area contributed by atoms with Gasteiger partial charge in [-0.05, 0) is 74.7 Å². The summed E-state index contributed by atoms with van der Waals surface area (Å²) in [7, 11) is -2.97. The number of unbranched alkanes of at least 4 members (excludes halogenated alkanes) is 2. The van der Waals surface area contributed by atoms with Crippen molar-refractivity contribution in [3.05, 3.63) is 71.0 Å². The van der Waals surface area contributed by atoms with Crippen LogP contribution >= 0.6 is 7.60 Å². The van der Waals surface area contributed by atoms with Gasteiger partial charge in [0.2, 0.25) is 12.3 Å². The third kappa shape index (κ3) is 12.2. The fraction of sp³-hybridized carbons (Fsp3) is 0.417. The van der Waals surface area contributed by atoms with Crippen molar-refractivity contribution >= 4 is 37.7 Å². The average Bonchev–Trinajstić information content (AvgIpc) is 3.63. The fourth-order valence-electron chi connectivity index (χ4n) is 5.51. The highest BCUT2D eigenvalue weighted by Crippen LogP contribution is 2.33. The number of ether oxygens (including phenoxy) is 2. The van der Waals surface area contributed by atoms with Crippen molar-refractivity contribution in [2.75, 3.05) is 26.7 Å². The van der Waals surface area contributed by atoms with E-state index in [1.165, 1.54) is 43.5 Å². The van der Waals surface area contributed by atoms with Gasteiger partial charge in [-0.3, -0.25) is 23.7 Å². The maximum atomic E-state index is 13.5. The molecule has 0 bridgehead atoms. The molecule has 0 fully saturated rings. The summed E-state index contributed by atoms with van der Waals surface area (Å²) in [6, 6.07) is 11.4. The summed E-state index contributed by atoms with van der Waals surface area (Å²) < 4.78 is 27.7. The van der Waals surface area contributed by atoms with Crippen LogP contribution in [0.2, 0.25) is 0 Å². The number of carbonyl (C=O) groups excluding carboxylic acids is 5. The molecule has 2 atom stereocenters. The normalized spacial score (nSPS) is 12.2. The molecule has 1 heterocycles. The van der Waals surface area contributed by atoms with Gasteiger partial charge in [-0.25, -0.2) is 4.79 Å². The second kappa shape index (κ2) is 20.2. The van der Waals surface area contributed by atoms with Gasteiger partial charge in [0.05, 0.1) is 43.5 Å². The van der Waals surface area contributed by atoms with Crippen molar-refractivity contribution in [2.45, 2.75) is 65.8 Å². The largest absolute Gasteiger partial charge is 0.497 e. The molecule has 2 aromatic carbocycles. The van der Waals surface area contributed by atoms with Crippen molar-refractivity contribution in [3.8, 4) is 22.8 Å². The molecule has 0 aliphatic heterocycles. The van der Waals surface area contributed by atoms with Gasteiger partial charge in [0.25, 0.3) is 11.8 Å². The second-order valence-electron chi connectivity index (χ2n) is 12.0. The Kier molecular flexibility index (Phi) is 16.1. The number of benzene rings is 2. The van der Waals surface area contributed by atoms with E-state index >= 15 is 0 Å². The Morgan fingerprint density at radius 2 is 1.68 bits per heavy atom. The van der Waals surface area contributed by atoms with Crippen LogP contribution in [-0.4, -0.2) is 77.7 Å². The lowest BCUT2D eigenvalue weighted by atomic mass is 9.90. The first kappa shape index (κ1) is 42.2. The van der Waals surface area contributed by atoms with Crippen LogP contribution in [0.4, 0.5) is 0 Å². The fourth-order valence-corrected chi connectivity index (χ4v) is 5.86. The number of nitrogens with one attached hydrogen (secondary N) is 3. The minimum atomic E-state index is -4.47. The number of methoxy groups -OCH3 is 1. The lowest BCUT2D eigenvalue weighted by Crippen LogP contribution is -2.49. The minimum Gasteiger partial charge on any atom is -0.497 e. The van der Waals surface area contributed by atoms with Gasteiger partial charge in [0.1, 0.15) is 23.5 Å². The highest BCUT2D eigenvalue weighted by Gasteiger charge is 2.34. The molecule has 4 amide bonds. The smallest absolute Gasteiger partial charge is 0.363 e. The molecule has 0 saturated carbocycles. The van der Waals surface area contributed by atoms with E-state index in [0.717, 1.165) is 17.9 Å². The predicted molar refractivity (Wildman–Crippen MR) is 193 cm³/mol. The van der Waals surface area contributed by atoms with E-state index in [4.69, 9.17) is 28.5 Å². The Morgan fingerprint density at radius 3 is 2.30 bits per heavy atom. The summed E-state index contributed by atoms with van der Waals surface area (Å²) in [4.78, 5) is 88.0. The molecule has 0 spiro atoms. The van der Waals surface area contributed by atoms with Gasteiger partial charge >= 0.3 is 13.6 Å². The summed E-state index contributed by atoms with van der Waals surface area (Å²) in [5.74, 6) is -2.49. The molecule has 17 heteroatoms. The molecule has 0 saturated heterocycles. The molecule has 288 valence electrons. The molecule has 1 unspecified atom stereocenters. The van der Waals surface area contributed by atoms with E-state index in [1.54, 1.807) is 32.9 Å². The van der Waals surface area contributed by atoms with Crippen LogP contribution in [0.1, 0.15) is 89.7 Å². The maximum absolute atomic E-state index is 13.5. The van der Waals surface area contributed by atoms with Crippen molar-refractivity contribution in [2.24, 2.45) is 5.92 Å². The van der Waals surface area contributed by atoms with E-state index in [0.29, 0.717) is 42.5 Å². The summed E-state index contributed by atoms with van der Waals surface area (Å²) in [5.41, 5.74) is 1.32. The second-order valence-corrected chi connectivity index (χ2v) is 13.6. The van der Waals surface area contributed by atoms with Gasteiger partial charge in [-0.15, -0.1) is 0 Å². The van der Waals surface area contributed by atoms with E-state index in [-0.39, 0.29) is 41.7 Å². The third-order valence-electron chi connectivity index (χ3n) is 8.21. The summed E-state index contributed by atoms with van der Waals surface area (Å²) in [5, 5.41) is 8.33. The molecule has 0 radical (unpaired) electrons. The van der Waals surface area contributed by atoms with E-state index < -0.39 is 49.5 Å². The Morgan fingerprint density at radius 1 is 0.943 bits per heavy atom. The Balaban J connectivity index is 1.69. The molecule has 5 N–H and O–H groups in total. The van der Waals surface area contributed by atoms with E-state index in [9.17, 15) is 28.5 Å². The van der Waals surface area contributed by atoms with Crippen molar-refractivity contribution in [3.63, 3.8) is 0 Å². The van der Waals surface area contributed by atoms with Gasteiger partial charge < -0.3 is 44.5 Å². The summed E-state index contributed by atoms with van der Waals surface area (Å²) in [6.07, 6.45) is 2.63.